The van der Waals surface area contributed by atoms with Crippen LogP contribution in [-0.2, 0) is 14.4 Å². The fourth-order valence-electron chi connectivity index (χ4n) is 3.25. The van der Waals surface area contributed by atoms with Crippen molar-refractivity contribution in [3.8, 4) is 16.9 Å². The van der Waals surface area contributed by atoms with Crippen molar-refractivity contribution in [1.82, 2.24) is 5.32 Å². The van der Waals surface area contributed by atoms with Crippen LogP contribution in [-0.4, -0.2) is 42.6 Å². The van der Waals surface area contributed by atoms with E-state index in [2.05, 4.69) is 15.3 Å². The predicted octanol–water partition coefficient (Wildman–Crippen LogP) is 1.98. The van der Waals surface area contributed by atoms with Gasteiger partial charge in [-0.25, -0.2) is 0 Å². The van der Waals surface area contributed by atoms with Gasteiger partial charge in [0.25, 0.3) is 0 Å². The second-order valence-electron chi connectivity index (χ2n) is 6.81. The molecule has 0 aromatic heterocycles. The van der Waals surface area contributed by atoms with Crippen molar-refractivity contribution in [3.63, 3.8) is 0 Å². The lowest BCUT2D eigenvalue weighted by Crippen LogP contribution is -2.31. The Bertz CT molecular complexity index is 894. The zero-order valence-electron chi connectivity index (χ0n) is 16.0. The molecule has 8 nitrogen and oxygen atoms in total. The number of nitrogens with one attached hydrogen (secondary N) is 1. The minimum absolute atomic E-state index is 0.154. The van der Waals surface area contributed by atoms with Gasteiger partial charge in [0.05, 0.1) is 18.4 Å². The SMILES string of the molecule is CON=C(N)c1ccc(-c2ccc(OC[C@@H]3C[C@@H](CC(=O)O)C(=O)N3)cc2)cc1. The number of hydrogen-bond donors (Lipinski definition) is 3. The number of nitrogens with zero attached hydrogens (tertiary/aromatic N) is 1. The number of carbonyl (C=O) groups is 2. The Morgan fingerprint density at radius 3 is 2.38 bits per heavy atom. The molecule has 4 N–H and O–H groups in total. The first-order chi connectivity index (χ1) is 14.0. The summed E-state index contributed by atoms with van der Waals surface area (Å²) in [5.74, 6) is -0.695. The van der Waals surface area contributed by atoms with Crippen LogP contribution in [0.4, 0.5) is 0 Å². The number of carboxylic acid groups (broad SMARTS) is 1. The summed E-state index contributed by atoms with van der Waals surface area (Å²) < 4.78 is 5.75. The highest BCUT2D eigenvalue weighted by Crippen LogP contribution is 2.24. The van der Waals surface area contributed by atoms with Crippen molar-refractivity contribution in [2.45, 2.75) is 18.9 Å². The number of carboxylic acids is 1. The number of benzene rings is 2. The smallest absolute Gasteiger partial charge is 0.304 e. The Kier molecular flexibility index (Phi) is 6.33. The van der Waals surface area contributed by atoms with E-state index in [0.717, 1.165) is 16.7 Å². The molecule has 3 rings (SSSR count). The van der Waals surface area contributed by atoms with Crippen LogP contribution in [0, 0.1) is 5.92 Å². The van der Waals surface area contributed by atoms with Gasteiger partial charge >= 0.3 is 5.97 Å². The number of nitrogens with two attached hydrogens (primary N) is 1. The second kappa shape index (κ2) is 9.09. The van der Waals surface area contributed by atoms with Crippen molar-refractivity contribution in [3.05, 3.63) is 54.1 Å². The Labute approximate surface area is 168 Å². The molecule has 1 aliphatic rings. The van der Waals surface area contributed by atoms with Gasteiger partial charge < -0.3 is 25.7 Å². The van der Waals surface area contributed by atoms with Crippen LogP contribution in [0.1, 0.15) is 18.4 Å². The molecular weight excluding hydrogens is 374 g/mol. The van der Waals surface area contributed by atoms with Gasteiger partial charge in [0.15, 0.2) is 5.84 Å². The topological polar surface area (TPSA) is 123 Å². The number of amidine groups is 1. The van der Waals surface area contributed by atoms with E-state index in [1.54, 1.807) is 0 Å². The van der Waals surface area contributed by atoms with Crippen LogP contribution >= 0.6 is 0 Å². The van der Waals surface area contributed by atoms with E-state index in [4.69, 9.17) is 15.6 Å². The summed E-state index contributed by atoms with van der Waals surface area (Å²) in [6, 6.07) is 15.0. The fourth-order valence-corrected chi connectivity index (χ4v) is 3.25. The minimum atomic E-state index is -0.969. The van der Waals surface area contributed by atoms with Crippen LogP contribution in [0.3, 0.4) is 0 Å². The molecule has 1 saturated heterocycles. The molecule has 29 heavy (non-hydrogen) atoms. The van der Waals surface area contributed by atoms with Gasteiger partial charge in [0.1, 0.15) is 19.5 Å². The molecule has 1 amide bonds. The van der Waals surface area contributed by atoms with Crippen LogP contribution in [0.25, 0.3) is 11.1 Å². The van der Waals surface area contributed by atoms with E-state index in [1.165, 1.54) is 7.11 Å². The molecule has 152 valence electrons. The average molecular weight is 397 g/mol. The van der Waals surface area contributed by atoms with Crippen LogP contribution < -0.4 is 15.8 Å². The summed E-state index contributed by atoms with van der Waals surface area (Å²) in [5.41, 5.74) is 8.60. The zero-order chi connectivity index (χ0) is 20.8. The third-order valence-corrected chi connectivity index (χ3v) is 4.72. The summed E-state index contributed by atoms with van der Waals surface area (Å²) in [6.45, 7) is 0.300. The molecule has 8 heteroatoms. The highest BCUT2D eigenvalue weighted by Gasteiger charge is 2.33. The maximum atomic E-state index is 11.8. The van der Waals surface area contributed by atoms with Crippen molar-refractivity contribution >= 4 is 17.7 Å². The van der Waals surface area contributed by atoms with Gasteiger partial charge in [0.2, 0.25) is 5.91 Å². The van der Waals surface area contributed by atoms with E-state index in [9.17, 15) is 9.59 Å². The van der Waals surface area contributed by atoms with E-state index in [1.807, 2.05) is 48.5 Å². The number of amides is 1. The molecule has 0 unspecified atom stereocenters. The van der Waals surface area contributed by atoms with Gasteiger partial charge in [-0.3, -0.25) is 9.59 Å². The monoisotopic (exact) mass is 397 g/mol. The molecule has 2 atom stereocenters. The standard InChI is InChI=1S/C21H23N3O5/c1-28-24-20(22)15-4-2-13(3-5-15)14-6-8-18(9-7-14)29-12-17-10-16(11-19(25)26)21(27)23-17/h2-9,16-17H,10-12H2,1H3,(H2,22,24)(H,23,27)(H,25,26)/t16-,17-/m0/s1. The minimum Gasteiger partial charge on any atom is -0.491 e. The number of rotatable bonds is 8. The summed E-state index contributed by atoms with van der Waals surface area (Å²) in [6.07, 6.45) is 0.309. The molecule has 0 spiro atoms. The fraction of sp³-hybridized carbons (Fsp3) is 0.286. The second-order valence-corrected chi connectivity index (χ2v) is 6.81. The molecule has 0 saturated carbocycles. The molecule has 1 aliphatic heterocycles. The van der Waals surface area contributed by atoms with Gasteiger partial charge in [-0.1, -0.05) is 41.6 Å². The lowest BCUT2D eigenvalue weighted by Gasteiger charge is -2.12. The Balaban J connectivity index is 1.56. The Hall–Kier alpha value is -3.55. The Morgan fingerprint density at radius 2 is 1.79 bits per heavy atom. The molecule has 1 heterocycles. The molecule has 0 bridgehead atoms. The Morgan fingerprint density at radius 1 is 1.17 bits per heavy atom. The maximum Gasteiger partial charge on any atom is 0.304 e. The van der Waals surface area contributed by atoms with Crippen molar-refractivity contribution in [1.29, 1.82) is 0 Å². The first-order valence-electron chi connectivity index (χ1n) is 9.18. The average Bonchev–Trinajstić information content (AvgIpc) is 3.06. The quantitative estimate of drug-likeness (QED) is 0.356. The number of oxime groups is 1. The summed E-state index contributed by atoms with van der Waals surface area (Å²) in [7, 11) is 1.44. The van der Waals surface area contributed by atoms with Crippen LogP contribution in [0.5, 0.6) is 5.75 Å². The van der Waals surface area contributed by atoms with Crippen LogP contribution in [0.2, 0.25) is 0 Å². The molecular formula is C21H23N3O5. The largest absolute Gasteiger partial charge is 0.491 e. The molecule has 0 aliphatic carbocycles. The normalized spacial score (nSPS) is 18.9. The van der Waals surface area contributed by atoms with E-state index < -0.39 is 11.9 Å². The van der Waals surface area contributed by atoms with Crippen molar-refractivity contribution in [2.75, 3.05) is 13.7 Å². The van der Waals surface area contributed by atoms with E-state index in [-0.39, 0.29) is 18.4 Å². The van der Waals surface area contributed by atoms with Gasteiger partial charge in [-0.2, -0.15) is 0 Å². The highest BCUT2D eigenvalue weighted by molar-refractivity contribution is 5.97. The third-order valence-electron chi connectivity index (χ3n) is 4.72. The van der Waals surface area contributed by atoms with Gasteiger partial charge in [-0.15, -0.1) is 0 Å². The van der Waals surface area contributed by atoms with Crippen molar-refractivity contribution in [2.24, 2.45) is 16.8 Å². The molecule has 2 aromatic carbocycles. The highest BCUT2D eigenvalue weighted by atomic mass is 16.6. The molecule has 1 fully saturated rings. The summed E-state index contributed by atoms with van der Waals surface area (Å²) >= 11 is 0. The van der Waals surface area contributed by atoms with Gasteiger partial charge in [0, 0.05) is 5.56 Å². The third kappa shape index (κ3) is 5.25. The predicted molar refractivity (Wildman–Crippen MR) is 107 cm³/mol. The zero-order valence-corrected chi connectivity index (χ0v) is 16.0. The number of hydrogen-bond acceptors (Lipinski definition) is 5. The first-order valence-corrected chi connectivity index (χ1v) is 9.18. The molecule has 2 aromatic rings. The van der Waals surface area contributed by atoms with Crippen molar-refractivity contribution < 1.29 is 24.3 Å². The number of carbonyl (C=O) groups excluding carboxylic acids is 1. The molecule has 0 radical (unpaired) electrons. The van der Waals surface area contributed by atoms with Gasteiger partial charge in [-0.05, 0) is 29.7 Å². The lowest BCUT2D eigenvalue weighted by molar-refractivity contribution is -0.140. The lowest BCUT2D eigenvalue weighted by atomic mass is 10.0. The number of aliphatic carboxylic acids is 1. The maximum absolute atomic E-state index is 11.8. The first kappa shape index (κ1) is 20.2. The van der Waals surface area contributed by atoms with E-state index >= 15 is 0 Å². The van der Waals surface area contributed by atoms with Crippen LogP contribution in [0.15, 0.2) is 53.7 Å². The summed E-state index contributed by atoms with van der Waals surface area (Å²) in [4.78, 5) is 27.2. The van der Waals surface area contributed by atoms with E-state index in [0.29, 0.717) is 24.6 Å². The summed E-state index contributed by atoms with van der Waals surface area (Å²) in [5, 5.41) is 15.3. The number of ether oxygens (including phenoxy) is 1.